The molecule has 0 atom stereocenters. The van der Waals surface area contributed by atoms with E-state index in [2.05, 4.69) is 63.0 Å². The van der Waals surface area contributed by atoms with Gasteiger partial charge in [0.25, 0.3) is 0 Å². The fourth-order valence-corrected chi connectivity index (χ4v) is 3.39. The largest absolute Gasteiger partial charge is 0.364 e. The summed E-state index contributed by atoms with van der Waals surface area (Å²) in [5.74, 6) is 0.879. The SMILES string of the molecule is CN=C(NCCC1=CCCCC1)NCc1ccc(N2CC=CC2)cc1.I. The highest BCUT2D eigenvalue weighted by Crippen LogP contribution is 2.19. The van der Waals surface area contributed by atoms with Crippen LogP contribution in [0.1, 0.15) is 37.7 Å². The summed E-state index contributed by atoms with van der Waals surface area (Å²) in [5.41, 5.74) is 4.16. The molecule has 1 aliphatic carbocycles. The zero-order chi connectivity index (χ0) is 17.3. The molecule has 0 saturated heterocycles. The summed E-state index contributed by atoms with van der Waals surface area (Å²) in [4.78, 5) is 6.68. The monoisotopic (exact) mass is 466 g/mol. The number of nitrogens with zero attached hydrogens (tertiary/aromatic N) is 2. The second-order valence-corrected chi connectivity index (χ2v) is 6.75. The Morgan fingerprint density at radius 2 is 1.85 bits per heavy atom. The predicted molar refractivity (Wildman–Crippen MR) is 123 cm³/mol. The van der Waals surface area contributed by atoms with Crippen molar-refractivity contribution in [1.82, 2.24) is 10.6 Å². The minimum absolute atomic E-state index is 0. The number of anilines is 1. The highest BCUT2D eigenvalue weighted by atomic mass is 127. The molecule has 142 valence electrons. The highest BCUT2D eigenvalue weighted by Gasteiger charge is 2.07. The van der Waals surface area contributed by atoms with E-state index in [1.54, 1.807) is 5.57 Å². The fraction of sp³-hybridized carbons (Fsp3) is 0.476. The summed E-state index contributed by atoms with van der Waals surface area (Å²) in [7, 11) is 1.83. The summed E-state index contributed by atoms with van der Waals surface area (Å²) in [6, 6.07) is 8.80. The van der Waals surface area contributed by atoms with E-state index < -0.39 is 0 Å². The number of rotatable bonds is 6. The molecule has 0 amide bonds. The number of guanidine groups is 1. The number of hydrogen-bond acceptors (Lipinski definition) is 2. The van der Waals surface area contributed by atoms with Gasteiger partial charge in [-0.05, 0) is 49.8 Å². The molecule has 1 aromatic rings. The van der Waals surface area contributed by atoms with Crippen LogP contribution in [0, 0.1) is 0 Å². The average molecular weight is 466 g/mol. The third-order valence-electron chi connectivity index (χ3n) is 4.93. The van der Waals surface area contributed by atoms with E-state index in [9.17, 15) is 0 Å². The van der Waals surface area contributed by atoms with Gasteiger partial charge in [-0.25, -0.2) is 0 Å². The maximum Gasteiger partial charge on any atom is 0.191 e. The van der Waals surface area contributed by atoms with Crippen LogP contribution >= 0.6 is 24.0 Å². The van der Waals surface area contributed by atoms with Gasteiger partial charge in [-0.15, -0.1) is 24.0 Å². The maximum atomic E-state index is 4.32. The van der Waals surface area contributed by atoms with Gasteiger partial charge in [-0.2, -0.15) is 0 Å². The van der Waals surface area contributed by atoms with Gasteiger partial charge < -0.3 is 15.5 Å². The molecule has 0 spiro atoms. The molecule has 1 aliphatic heterocycles. The Hall–Kier alpha value is -1.50. The smallest absolute Gasteiger partial charge is 0.191 e. The minimum Gasteiger partial charge on any atom is -0.364 e. The van der Waals surface area contributed by atoms with Crippen LogP contribution in [-0.4, -0.2) is 32.6 Å². The van der Waals surface area contributed by atoms with Crippen molar-refractivity contribution >= 4 is 35.6 Å². The van der Waals surface area contributed by atoms with E-state index in [4.69, 9.17) is 0 Å². The van der Waals surface area contributed by atoms with E-state index in [1.807, 2.05) is 7.05 Å². The minimum atomic E-state index is 0. The lowest BCUT2D eigenvalue weighted by molar-refractivity contribution is 0.665. The summed E-state index contributed by atoms with van der Waals surface area (Å²) in [6.07, 6.45) is 13.2. The standard InChI is InChI=1S/C21H30N4.HI/c1-22-21(23-14-13-18-7-3-2-4-8-18)24-17-19-9-11-20(12-10-19)25-15-5-6-16-25;/h5-7,9-12H,2-4,8,13-17H2,1H3,(H2,22,23,24);1H. The first kappa shape index (κ1) is 20.8. The van der Waals surface area contributed by atoms with Crippen molar-refractivity contribution in [3.05, 3.63) is 53.6 Å². The number of allylic oxidation sites excluding steroid dienone is 1. The van der Waals surface area contributed by atoms with Gasteiger partial charge in [0.2, 0.25) is 0 Å². The van der Waals surface area contributed by atoms with E-state index in [0.717, 1.165) is 38.6 Å². The van der Waals surface area contributed by atoms with Crippen molar-refractivity contribution in [3.63, 3.8) is 0 Å². The van der Waals surface area contributed by atoms with Crippen LogP contribution in [0.3, 0.4) is 0 Å². The van der Waals surface area contributed by atoms with E-state index >= 15 is 0 Å². The Balaban J connectivity index is 0.00000243. The molecule has 0 unspecified atom stereocenters. The molecule has 2 N–H and O–H groups in total. The number of aliphatic imine (C=N–C) groups is 1. The Labute approximate surface area is 174 Å². The van der Waals surface area contributed by atoms with Crippen molar-refractivity contribution in [2.24, 2.45) is 4.99 Å². The molecule has 0 bridgehead atoms. The zero-order valence-corrected chi connectivity index (χ0v) is 18.0. The van der Waals surface area contributed by atoms with Gasteiger partial charge >= 0.3 is 0 Å². The topological polar surface area (TPSA) is 39.7 Å². The van der Waals surface area contributed by atoms with Gasteiger partial charge in [-0.3, -0.25) is 4.99 Å². The maximum absolute atomic E-state index is 4.32. The Bertz CT molecular complexity index is 626. The van der Waals surface area contributed by atoms with Crippen LogP contribution < -0.4 is 15.5 Å². The fourth-order valence-electron chi connectivity index (χ4n) is 3.39. The molecule has 0 radical (unpaired) electrons. The van der Waals surface area contributed by atoms with Crippen LogP contribution in [0.25, 0.3) is 0 Å². The molecular formula is C21H31IN4. The third kappa shape index (κ3) is 6.34. The van der Waals surface area contributed by atoms with Crippen LogP contribution in [0.4, 0.5) is 5.69 Å². The van der Waals surface area contributed by atoms with Crippen molar-refractivity contribution in [2.45, 2.75) is 38.6 Å². The van der Waals surface area contributed by atoms with Crippen molar-refractivity contribution < 1.29 is 0 Å². The zero-order valence-electron chi connectivity index (χ0n) is 15.7. The number of halogens is 1. The van der Waals surface area contributed by atoms with Gasteiger partial charge in [0.05, 0.1) is 0 Å². The molecule has 1 aromatic carbocycles. The lowest BCUT2D eigenvalue weighted by Gasteiger charge is -2.18. The first-order valence-corrected chi connectivity index (χ1v) is 9.46. The molecule has 2 aliphatic rings. The molecule has 3 rings (SSSR count). The Kier molecular flexibility index (Phi) is 9.01. The average Bonchev–Trinajstić information content (AvgIpc) is 3.20. The molecule has 0 aromatic heterocycles. The van der Waals surface area contributed by atoms with Crippen LogP contribution in [-0.2, 0) is 6.54 Å². The van der Waals surface area contributed by atoms with Crippen LogP contribution in [0.15, 0.2) is 53.1 Å². The van der Waals surface area contributed by atoms with E-state index in [1.165, 1.54) is 36.9 Å². The Morgan fingerprint density at radius 1 is 1.08 bits per heavy atom. The molecule has 26 heavy (non-hydrogen) atoms. The quantitative estimate of drug-likeness (QED) is 0.285. The van der Waals surface area contributed by atoms with Crippen LogP contribution in [0.5, 0.6) is 0 Å². The van der Waals surface area contributed by atoms with Gasteiger partial charge in [0.15, 0.2) is 5.96 Å². The predicted octanol–water partition coefficient (Wildman–Crippen LogP) is 4.24. The lowest BCUT2D eigenvalue weighted by atomic mass is 9.97. The second-order valence-electron chi connectivity index (χ2n) is 6.75. The molecule has 0 saturated carbocycles. The van der Waals surface area contributed by atoms with E-state index in [-0.39, 0.29) is 24.0 Å². The Morgan fingerprint density at radius 3 is 2.50 bits per heavy atom. The second kappa shape index (κ2) is 11.3. The van der Waals surface area contributed by atoms with Crippen molar-refractivity contribution in [3.8, 4) is 0 Å². The number of nitrogens with one attached hydrogen (secondary N) is 2. The van der Waals surface area contributed by atoms with E-state index in [0.29, 0.717) is 0 Å². The van der Waals surface area contributed by atoms with Gasteiger partial charge in [0, 0.05) is 38.9 Å². The lowest BCUT2D eigenvalue weighted by Crippen LogP contribution is -2.37. The summed E-state index contributed by atoms with van der Waals surface area (Å²) in [6.45, 7) is 3.78. The van der Waals surface area contributed by atoms with Gasteiger partial charge in [-0.1, -0.05) is 35.9 Å². The molecular weight excluding hydrogens is 435 g/mol. The normalized spacial score (nSPS) is 16.9. The van der Waals surface area contributed by atoms with Crippen molar-refractivity contribution in [2.75, 3.05) is 31.6 Å². The first-order chi connectivity index (χ1) is 12.3. The molecule has 5 heteroatoms. The highest BCUT2D eigenvalue weighted by molar-refractivity contribution is 14.0. The summed E-state index contributed by atoms with van der Waals surface area (Å²) >= 11 is 0. The summed E-state index contributed by atoms with van der Waals surface area (Å²) < 4.78 is 0. The van der Waals surface area contributed by atoms with Crippen LogP contribution in [0.2, 0.25) is 0 Å². The third-order valence-corrected chi connectivity index (χ3v) is 4.93. The number of hydrogen-bond donors (Lipinski definition) is 2. The number of benzene rings is 1. The first-order valence-electron chi connectivity index (χ1n) is 9.46. The molecule has 1 heterocycles. The van der Waals surface area contributed by atoms with Crippen molar-refractivity contribution in [1.29, 1.82) is 0 Å². The molecule has 4 nitrogen and oxygen atoms in total. The van der Waals surface area contributed by atoms with Gasteiger partial charge in [0.1, 0.15) is 0 Å². The molecule has 0 fully saturated rings. The summed E-state index contributed by atoms with van der Waals surface area (Å²) in [5, 5.41) is 6.83.